The number of rotatable bonds is 2. The maximum Gasteiger partial charge on any atom is 0.327 e. The smallest absolute Gasteiger partial charge is 0.327 e. The van der Waals surface area contributed by atoms with Crippen LogP contribution in [0.25, 0.3) is 10.2 Å². The van der Waals surface area contributed by atoms with Crippen LogP contribution in [0.1, 0.15) is 11.0 Å². The van der Waals surface area contributed by atoms with Crippen molar-refractivity contribution in [1.82, 2.24) is 4.98 Å². The summed E-state index contributed by atoms with van der Waals surface area (Å²) in [6.45, 7) is 0. The van der Waals surface area contributed by atoms with Gasteiger partial charge in [-0.1, -0.05) is 11.6 Å². The molecule has 0 amide bonds. The van der Waals surface area contributed by atoms with Gasteiger partial charge >= 0.3 is 5.97 Å². The van der Waals surface area contributed by atoms with Crippen molar-refractivity contribution in [2.75, 3.05) is 0 Å². The molecule has 0 saturated carbocycles. The third kappa shape index (κ3) is 1.94. The SMILES string of the molecule is NC(C(=O)O)c1nc2cc(Cl)ccc2s1. The molecular formula is C9H7ClN2O2S. The van der Waals surface area contributed by atoms with E-state index >= 15 is 0 Å². The molecular weight excluding hydrogens is 236 g/mol. The molecule has 0 bridgehead atoms. The van der Waals surface area contributed by atoms with Crippen LogP contribution in [0, 0.1) is 0 Å². The van der Waals surface area contributed by atoms with Gasteiger partial charge in [-0.2, -0.15) is 0 Å². The van der Waals surface area contributed by atoms with E-state index in [1.165, 1.54) is 11.3 Å². The number of benzene rings is 1. The largest absolute Gasteiger partial charge is 0.480 e. The first-order valence-electron chi connectivity index (χ1n) is 4.12. The molecule has 1 atom stereocenters. The third-order valence-corrected chi connectivity index (χ3v) is 3.25. The van der Waals surface area contributed by atoms with E-state index in [0.717, 1.165) is 4.70 Å². The molecule has 1 unspecified atom stereocenters. The maximum absolute atomic E-state index is 10.7. The number of aliphatic carboxylic acids is 1. The first-order valence-corrected chi connectivity index (χ1v) is 5.32. The molecule has 1 aromatic heterocycles. The van der Waals surface area contributed by atoms with Crippen molar-refractivity contribution in [2.24, 2.45) is 5.73 Å². The van der Waals surface area contributed by atoms with Gasteiger partial charge in [0.25, 0.3) is 0 Å². The van der Waals surface area contributed by atoms with Gasteiger partial charge in [0.2, 0.25) is 0 Å². The second kappa shape index (κ2) is 3.77. The van der Waals surface area contributed by atoms with E-state index < -0.39 is 12.0 Å². The van der Waals surface area contributed by atoms with E-state index in [0.29, 0.717) is 15.5 Å². The van der Waals surface area contributed by atoms with Crippen molar-refractivity contribution in [3.63, 3.8) is 0 Å². The van der Waals surface area contributed by atoms with E-state index in [4.69, 9.17) is 22.4 Å². The Labute approximate surface area is 94.3 Å². The first kappa shape index (κ1) is 10.4. The zero-order chi connectivity index (χ0) is 11.0. The monoisotopic (exact) mass is 242 g/mol. The number of nitrogens with zero attached hydrogens (tertiary/aromatic N) is 1. The highest BCUT2D eigenvalue weighted by atomic mass is 35.5. The third-order valence-electron chi connectivity index (χ3n) is 1.90. The van der Waals surface area contributed by atoms with Crippen LogP contribution >= 0.6 is 22.9 Å². The molecule has 0 aliphatic heterocycles. The molecule has 0 saturated heterocycles. The first-order chi connectivity index (χ1) is 7.08. The molecule has 0 aliphatic rings. The predicted molar refractivity (Wildman–Crippen MR) is 59.2 cm³/mol. The lowest BCUT2D eigenvalue weighted by atomic mass is 10.3. The van der Waals surface area contributed by atoms with E-state index in [1.807, 2.05) is 0 Å². The van der Waals surface area contributed by atoms with Gasteiger partial charge in [0.1, 0.15) is 5.01 Å². The van der Waals surface area contributed by atoms with Crippen LogP contribution in [0.4, 0.5) is 0 Å². The number of halogens is 1. The summed E-state index contributed by atoms with van der Waals surface area (Å²) < 4.78 is 0.881. The second-order valence-electron chi connectivity index (χ2n) is 2.98. The quantitative estimate of drug-likeness (QED) is 0.845. The van der Waals surface area contributed by atoms with Gasteiger partial charge in [-0.3, -0.25) is 4.79 Å². The summed E-state index contributed by atoms with van der Waals surface area (Å²) in [7, 11) is 0. The van der Waals surface area contributed by atoms with Gasteiger partial charge in [-0.05, 0) is 18.2 Å². The van der Waals surface area contributed by atoms with Gasteiger partial charge in [-0.25, -0.2) is 4.98 Å². The minimum absolute atomic E-state index is 0.389. The van der Waals surface area contributed by atoms with E-state index in [9.17, 15) is 4.79 Å². The average Bonchev–Trinajstić information content (AvgIpc) is 2.58. The lowest BCUT2D eigenvalue weighted by Gasteiger charge is -1.98. The summed E-state index contributed by atoms with van der Waals surface area (Å²) in [4.78, 5) is 14.8. The zero-order valence-corrected chi connectivity index (χ0v) is 9.05. The summed E-state index contributed by atoms with van der Waals surface area (Å²) in [5.41, 5.74) is 6.13. The number of hydrogen-bond acceptors (Lipinski definition) is 4. The molecule has 0 fully saturated rings. The number of carboxylic acids is 1. The fraction of sp³-hybridized carbons (Fsp3) is 0.111. The highest BCUT2D eigenvalue weighted by Gasteiger charge is 2.18. The summed E-state index contributed by atoms with van der Waals surface area (Å²) in [5.74, 6) is -1.08. The molecule has 78 valence electrons. The van der Waals surface area contributed by atoms with Crippen LogP contribution in [0.15, 0.2) is 18.2 Å². The number of hydrogen-bond donors (Lipinski definition) is 2. The molecule has 0 aliphatic carbocycles. The Morgan fingerprint density at radius 1 is 1.60 bits per heavy atom. The van der Waals surface area contributed by atoms with E-state index in [2.05, 4.69) is 4.98 Å². The minimum atomic E-state index is -1.08. The van der Waals surface area contributed by atoms with Gasteiger partial charge < -0.3 is 10.8 Å². The Morgan fingerprint density at radius 3 is 3.00 bits per heavy atom. The Morgan fingerprint density at radius 2 is 2.33 bits per heavy atom. The zero-order valence-electron chi connectivity index (χ0n) is 7.48. The summed E-state index contributed by atoms with van der Waals surface area (Å²) in [5, 5.41) is 9.69. The van der Waals surface area contributed by atoms with E-state index in [-0.39, 0.29) is 0 Å². The Kier molecular flexibility index (Phi) is 2.60. The number of nitrogens with two attached hydrogens (primary N) is 1. The molecule has 0 spiro atoms. The summed E-state index contributed by atoms with van der Waals surface area (Å²) in [6, 6.07) is 4.15. The molecule has 6 heteroatoms. The molecule has 2 aromatic rings. The van der Waals surface area contributed by atoms with Gasteiger partial charge in [0.05, 0.1) is 10.2 Å². The van der Waals surface area contributed by atoms with Crippen molar-refractivity contribution in [2.45, 2.75) is 6.04 Å². The minimum Gasteiger partial charge on any atom is -0.480 e. The molecule has 1 aromatic carbocycles. The van der Waals surface area contributed by atoms with Crippen molar-refractivity contribution in [3.05, 3.63) is 28.2 Å². The molecule has 2 rings (SSSR count). The molecule has 15 heavy (non-hydrogen) atoms. The van der Waals surface area contributed by atoms with Crippen molar-refractivity contribution in [3.8, 4) is 0 Å². The number of carbonyl (C=O) groups is 1. The number of aromatic nitrogens is 1. The standard InChI is InChI=1S/C9H7ClN2O2S/c10-4-1-2-6-5(3-4)12-8(15-6)7(11)9(13)14/h1-3,7H,11H2,(H,13,14). The van der Waals surface area contributed by atoms with Crippen LogP contribution in [0.5, 0.6) is 0 Å². The van der Waals surface area contributed by atoms with Crippen LogP contribution < -0.4 is 5.73 Å². The number of carboxylic acid groups (broad SMARTS) is 1. The number of thiazole rings is 1. The highest BCUT2D eigenvalue weighted by Crippen LogP contribution is 2.27. The normalized spacial score (nSPS) is 12.9. The van der Waals surface area contributed by atoms with Crippen LogP contribution in [-0.2, 0) is 4.79 Å². The van der Waals surface area contributed by atoms with Crippen molar-refractivity contribution in [1.29, 1.82) is 0 Å². The van der Waals surface area contributed by atoms with Crippen LogP contribution in [-0.4, -0.2) is 16.1 Å². The highest BCUT2D eigenvalue weighted by molar-refractivity contribution is 7.18. The van der Waals surface area contributed by atoms with Crippen molar-refractivity contribution < 1.29 is 9.90 Å². The molecule has 0 radical (unpaired) electrons. The fourth-order valence-electron chi connectivity index (χ4n) is 1.16. The van der Waals surface area contributed by atoms with Crippen LogP contribution in [0.2, 0.25) is 5.02 Å². The molecule has 1 heterocycles. The van der Waals surface area contributed by atoms with Gasteiger partial charge in [0, 0.05) is 5.02 Å². The number of fused-ring (bicyclic) bond motifs is 1. The van der Waals surface area contributed by atoms with Crippen LogP contribution in [0.3, 0.4) is 0 Å². The fourth-order valence-corrected chi connectivity index (χ4v) is 2.27. The topological polar surface area (TPSA) is 76.2 Å². The summed E-state index contributed by atoms with van der Waals surface area (Å²) in [6.07, 6.45) is 0. The predicted octanol–water partition coefficient (Wildman–Crippen LogP) is 2.03. The Bertz CT molecular complexity index is 526. The lowest BCUT2D eigenvalue weighted by molar-refractivity contribution is -0.138. The average molecular weight is 243 g/mol. The second-order valence-corrected chi connectivity index (χ2v) is 4.48. The Hall–Kier alpha value is -1.17. The molecule has 3 N–H and O–H groups in total. The Balaban J connectivity index is 2.51. The van der Waals surface area contributed by atoms with E-state index in [1.54, 1.807) is 18.2 Å². The van der Waals surface area contributed by atoms with Gasteiger partial charge in [-0.15, -0.1) is 11.3 Å². The summed E-state index contributed by atoms with van der Waals surface area (Å²) >= 11 is 7.05. The van der Waals surface area contributed by atoms with Crippen molar-refractivity contribution >= 4 is 39.1 Å². The lowest BCUT2D eigenvalue weighted by Crippen LogP contribution is -2.20. The maximum atomic E-state index is 10.7. The van der Waals surface area contributed by atoms with Gasteiger partial charge in [0.15, 0.2) is 6.04 Å². The molecule has 4 nitrogen and oxygen atoms in total.